The van der Waals surface area contributed by atoms with E-state index < -0.39 is 0 Å². The van der Waals surface area contributed by atoms with E-state index >= 15 is 0 Å². The molecular formula is C40H27N5S2. The summed E-state index contributed by atoms with van der Waals surface area (Å²) in [7, 11) is 0. The van der Waals surface area contributed by atoms with E-state index in [1.807, 2.05) is 19.9 Å². The molecule has 0 N–H and O–H groups in total. The first kappa shape index (κ1) is 27.8. The highest BCUT2D eigenvalue weighted by Gasteiger charge is 2.19. The highest BCUT2D eigenvalue weighted by molar-refractivity contribution is 7.26. The van der Waals surface area contributed by atoms with E-state index in [2.05, 4.69) is 126 Å². The van der Waals surface area contributed by atoms with Crippen molar-refractivity contribution in [3.63, 3.8) is 0 Å². The molecule has 6 aromatic heterocycles. The Bertz CT molecular complexity index is 2460. The van der Waals surface area contributed by atoms with E-state index in [1.165, 1.54) is 30.9 Å². The van der Waals surface area contributed by atoms with Crippen LogP contribution in [0.15, 0.2) is 127 Å². The van der Waals surface area contributed by atoms with Crippen LogP contribution in [-0.4, -0.2) is 19.9 Å². The zero-order chi connectivity index (χ0) is 31.5. The Kier molecular flexibility index (Phi) is 6.55. The van der Waals surface area contributed by atoms with Gasteiger partial charge < -0.3 is 0 Å². The van der Waals surface area contributed by atoms with Gasteiger partial charge in [0.25, 0.3) is 0 Å². The number of anilines is 3. The number of fused-ring (bicyclic) bond motifs is 6. The Morgan fingerprint density at radius 3 is 1.43 bits per heavy atom. The molecule has 0 amide bonds. The number of pyridine rings is 4. The fourth-order valence-electron chi connectivity index (χ4n) is 6.30. The summed E-state index contributed by atoms with van der Waals surface area (Å²) in [6.07, 6.45) is 0. The van der Waals surface area contributed by atoms with Crippen LogP contribution in [0.3, 0.4) is 0 Å². The molecule has 47 heavy (non-hydrogen) atoms. The number of thiophene rings is 2. The summed E-state index contributed by atoms with van der Waals surface area (Å²) < 4.78 is 2.38. The summed E-state index contributed by atoms with van der Waals surface area (Å²) in [5.74, 6) is 1.59. The van der Waals surface area contributed by atoms with Crippen molar-refractivity contribution < 1.29 is 0 Å². The van der Waals surface area contributed by atoms with E-state index in [9.17, 15) is 0 Å². The molecular weight excluding hydrogens is 615 g/mol. The first-order valence-electron chi connectivity index (χ1n) is 15.5. The number of rotatable bonds is 5. The molecule has 0 spiro atoms. The van der Waals surface area contributed by atoms with Crippen LogP contribution in [-0.2, 0) is 0 Å². The van der Waals surface area contributed by atoms with Crippen molar-refractivity contribution in [2.24, 2.45) is 0 Å². The smallest absolute Gasteiger partial charge is 0.139 e. The zero-order valence-electron chi connectivity index (χ0n) is 25.7. The van der Waals surface area contributed by atoms with Gasteiger partial charge in [0.15, 0.2) is 0 Å². The van der Waals surface area contributed by atoms with Crippen molar-refractivity contribution in [1.82, 2.24) is 19.9 Å². The van der Waals surface area contributed by atoms with Crippen LogP contribution in [0.4, 0.5) is 17.3 Å². The summed E-state index contributed by atoms with van der Waals surface area (Å²) in [5, 5.41) is 4.77. The molecule has 0 saturated carbocycles. The predicted octanol–water partition coefficient (Wildman–Crippen LogP) is 11.4. The number of aryl methyl sites for hydroxylation is 2. The molecule has 0 aliphatic carbocycles. The molecule has 0 aliphatic heterocycles. The molecule has 3 aromatic carbocycles. The molecule has 0 radical (unpaired) electrons. The fraction of sp³-hybridized carbons (Fsp3) is 0.0500. The lowest BCUT2D eigenvalue weighted by molar-refractivity contribution is 1.13. The Morgan fingerprint density at radius 2 is 0.915 bits per heavy atom. The highest BCUT2D eigenvalue weighted by atomic mass is 32.1. The second-order valence-corrected chi connectivity index (χ2v) is 13.6. The fourth-order valence-corrected chi connectivity index (χ4v) is 8.78. The van der Waals surface area contributed by atoms with Crippen molar-refractivity contribution in [3.05, 3.63) is 139 Å². The lowest BCUT2D eigenvalue weighted by atomic mass is 10.1. The lowest BCUT2D eigenvalue weighted by Crippen LogP contribution is -2.13. The number of para-hydroxylation sites is 1. The summed E-state index contributed by atoms with van der Waals surface area (Å²) in [5.41, 5.74) is 7.04. The molecule has 0 aliphatic rings. The van der Waals surface area contributed by atoms with Crippen molar-refractivity contribution in [2.75, 3.05) is 4.90 Å². The van der Waals surface area contributed by atoms with Crippen LogP contribution in [0.1, 0.15) is 11.4 Å². The van der Waals surface area contributed by atoms with Gasteiger partial charge in [0, 0.05) is 59.1 Å². The molecule has 0 unspecified atom stereocenters. The Labute approximate surface area is 279 Å². The molecule has 0 atom stereocenters. The van der Waals surface area contributed by atoms with Gasteiger partial charge in [-0.25, -0.2) is 19.9 Å². The molecule has 7 heteroatoms. The minimum absolute atomic E-state index is 0.796. The van der Waals surface area contributed by atoms with Gasteiger partial charge in [-0.1, -0.05) is 66.7 Å². The van der Waals surface area contributed by atoms with Crippen LogP contribution in [0.2, 0.25) is 0 Å². The van der Waals surface area contributed by atoms with E-state index in [1.54, 1.807) is 22.7 Å². The minimum atomic E-state index is 0.796. The Morgan fingerprint density at radius 1 is 0.426 bits per heavy atom. The maximum atomic E-state index is 5.29. The van der Waals surface area contributed by atoms with E-state index in [4.69, 9.17) is 19.9 Å². The summed E-state index contributed by atoms with van der Waals surface area (Å²) >= 11 is 3.45. The number of hydrogen-bond acceptors (Lipinski definition) is 7. The molecule has 9 rings (SSSR count). The van der Waals surface area contributed by atoms with Gasteiger partial charge in [0.1, 0.15) is 21.3 Å². The topological polar surface area (TPSA) is 54.8 Å². The van der Waals surface area contributed by atoms with Gasteiger partial charge in [-0.2, -0.15) is 0 Å². The molecule has 5 nitrogen and oxygen atoms in total. The summed E-state index contributed by atoms with van der Waals surface area (Å²) in [6.45, 7) is 4.08. The Hall–Kier alpha value is -5.50. The second kappa shape index (κ2) is 11.1. The predicted molar refractivity (Wildman–Crippen MR) is 198 cm³/mol. The third-order valence-electron chi connectivity index (χ3n) is 8.50. The minimum Gasteiger partial charge on any atom is -0.279 e. The van der Waals surface area contributed by atoms with E-state index in [0.29, 0.717) is 0 Å². The molecule has 0 fully saturated rings. The molecule has 0 saturated heterocycles. The van der Waals surface area contributed by atoms with E-state index in [0.717, 1.165) is 60.9 Å². The van der Waals surface area contributed by atoms with Gasteiger partial charge in [-0.3, -0.25) is 4.90 Å². The van der Waals surface area contributed by atoms with Gasteiger partial charge in [-0.05, 0) is 74.5 Å². The summed E-state index contributed by atoms with van der Waals surface area (Å²) in [4.78, 5) is 24.5. The van der Waals surface area contributed by atoms with Gasteiger partial charge in [-0.15, -0.1) is 22.7 Å². The molecule has 224 valence electrons. The first-order chi connectivity index (χ1) is 23.1. The molecule has 6 heterocycles. The quantitative estimate of drug-likeness (QED) is 0.187. The molecule has 0 bridgehead atoms. The van der Waals surface area contributed by atoms with Gasteiger partial charge >= 0.3 is 0 Å². The van der Waals surface area contributed by atoms with Crippen LogP contribution in [0.25, 0.3) is 63.1 Å². The van der Waals surface area contributed by atoms with Crippen LogP contribution in [0, 0.1) is 13.8 Å². The monoisotopic (exact) mass is 641 g/mol. The third kappa shape index (κ3) is 4.74. The first-order valence-corrected chi connectivity index (χ1v) is 17.1. The number of hydrogen-bond donors (Lipinski definition) is 0. The van der Waals surface area contributed by atoms with Crippen LogP contribution < -0.4 is 4.90 Å². The molecule has 9 aromatic rings. The number of aromatic nitrogens is 4. The average molecular weight is 642 g/mol. The highest BCUT2D eigenvalue weighted by Crippen LogP contribution is 2.42. The number of nitrogens with zero attached hydrogens (tertiary/aromatic N) is 5. The maximum absolute atomic E-state index is 5.29. The van der Waals surface area contributed by atoms with Gasteiger partial charge in [0.05, 0.1) is 11.4 Å². The van der Waals surface area contributed by atoms with Crippen LogP contribution in [0.5, 0.6) is 0 Å². The van der Waals surface area contributed by atoms with Crippen molar-refractivity contribution in [3.8, 4) is 22.5 Å². The number of benzene rings is 3. The third-order valence-corrected chi connectivity index (χ3v) is 10.8. The maximum Gasteiger partial charge on any atom is 0.139 e. The largest absolute Gasteiger partial charge is 0.279 e. The van der Waals surface area contributed by atoms with Crippen molar-refractivity contribution in [2.45, 2.75) is 13.8 Å². The lowest BCUT2D eigenvalue weighted by Gasteiger charge is -2.24. The van der Waals surface area contributed by atoms with Crippen molar-refractivity contribution in [1.29, 1.82) is 0 Å². The SMILES string of the molecule is Cc1ccc2c(n1)sc1c(-c3cccc(N(c4ccccc4)c4cccc(-c5cccc6c5sc5nc(C)ccc56)n4)n3)cccc12. The summed E-state index contributed by atoms with van der Waals surface area (Å²) in [6, 6.07) is 44.2. The van der Waals surface area contributed by atoms with E-state index in [-0.39, 0.29) is 0 Å². The second-order valence-electron chi connectivity index (χ2n) is 11.6. The average Bonchev–Trinajstić information content (AvgIpc) is 3.66. The van der Waals surface area contributed by atoms with Gasteiger partial charge in [0.2, 0.25) is 0 Å². The standard InChI is InChI=1S/C40H27N5S2/c1-24-20-22-29-27-12-6-14-31(37(27)46-39(29)41-24)33-16-8-18-35(43-33)45(26-10-4-3-5-11-26)36-19-9-17-34(44-36)32-15-7-13-28-30-23-21-25(2)42-40(30)47-38(28)32/h3-23H,1-2H3. The Balaban J connectivity index is 1.19. The normalized spacial score (nSPS) is 11.6. The van der Waals surface area contributed by atoms with Crippen molar-refractivity contribution >= 4 is 80.6 Å². The zero-order valence-corrected chi connectivity index (χ0v) is 27.3. The van der Waals surface area contributed by atoms with Crippen LogP contribution >= 0.6 is 22.7 Å².